The number of nitrogens with one attached hydrogen (secondary N) is 1. The van der Waals surface area contributed by atoms with Crippen LogP contribution in [-0.2, 0) is 4.79 Å². The molecule has 1 N–H and O–H groups in total. The highest BCUT2D eigenvalue weighted by atomic mass is 35.5. The Hall–Kier alpha value is -2.40. The van der Waals surface area contributed by atoms with Gasteiger partial charge in [0.1, 0.15) is 22.8 Å². The van der Waals surface area contributed by atoms with Crippen molar-refractivity contribution in [3.8, 4) is 17.2 Å². The number of para-hydroxylation sites is 1. The lowest BCUT2D eigenvalue weighted by atomic mass is 9.89. The van der Waals surface area contributed by atoms with Gasteiger partial charge in [-0.25, -0.2) is 0 Å². The lowest BCUT2D eigenvalue weighted by Gasteiger charge is -2.38. The second-order valence-electron chi connectivity index (χ2n) is 7.22. The van der Waals surface area contributed by atoms with Gasteiger partial charge in [0, 0.05) is 12.0 Å². The lowest BCUT2D eigenvalue weighted by Crippen LogP contribution is -2.44. The van der Waals surface area contributed by atoms with Crippen LogP contribution < -0.4 is 19.5 Å². The summed E-state index contributed by atoms with van der Waals surface area (Å²) in [7, 11) is 1.61. The maximum atomic E-state index is 12.8. The minimum Gasteiger partial charge on any atom is -0.497 e. The van der Waals surface area contributed by atoms with Crippen LogP contribution in [-0.4, -0.2) is 24.7 Å². The van der Waals surface area contributed by atoms with Gasteiger partial charge in [0.25, 0.3) is 5.91 Å². The van der Waals surface area contributed by atoms with Gasteiger partial charge >= 0.3 is 0 Å². The monoisotopic (exact) mass is 389 g/mol. The molecule has 2 aromatic carbocycles. The molecule has 1 aliphatic heterocycles. The molecular formula is C21H24ClNO4. The molecule has 6 heteroatoms. The lowest BCUT2D eigenvalue weighted by molar-refractivity contribution is -0.128. The van der Waals surface area contributed by atoms with Crippen LogP contribution in [0.5, 0.6) is 17.2 Å². The first kappa shape index (κ1) is 19.4. The third-order valence-corrected chi connectivity index (χ3v) is 4.81. The average molecular weight is 390 g/mol. The van der Waals surface area contributed by atoms with Crippen LogP contribution in [0.4, 0.5) is 0 Å². The molecule has 0 radical (unpaired) electrons. The van der Waals surface area contributed by atoms with Crippen LogP contribution >= 0.6 is 11.6 Å². The van der Waals surface area contributed by atoms with E-state index in [0.29, 0.717) is 17.2 Å². The molecule has 0 aliphatic carbocycles. The van der Waals surface area contributed by atoms with Gasteiger partial charge in [-0.05, 0) is 51.1 Å². The molecular weight excluding hydrogens is 366 g/mol. The Morgan fingerprint density at radius 3 is 2.74 bits per heavy atom. The highest BCUT2D eigenvalue weighted by Gasteiger charge is 2.35. The molecule has 0 saturated heterocycles. The molecule has 0 unspecified atom stereocenters. The van der Waals surface area contributed by atoms with E-state index in [9.17, 15) is 4.79 Å². The maximum absolute atomic E-state index is 12.8. The van der Waals surface area contributed by atoms with E-state index in [1.165, 1.54) is 0 Å². The van der Waals surface area contributed by atoms with Crippen molar-refractivity contribution >= 4 is 17.5 Å². The van der Waals surface area contributed by atoms with Gasteiger partial charge in [-0.3, -0.25) is 4.79 Å². The first-order valence-electron chi connectivity index (χ1n) is 8.87. The van der Waals surface area contributed by atoms with Gasteiger partial charge in [0.15, 0.2) is 6.10 Å². The van der Waals surface area contributed by atoms with Gasteiger partial charge in [0.05, 0.1) is 18.2 Å². The quantitative estimate of drug-likeness (QED) is 0.815. The normalized spacial score (nSPS) is 18.6. The Morgan fingerprint density at radius 1 is 1.30 bits per heavy atom. The summed E-state index contributed by atoms with van der Waals surface area (Å²) in [6.45, 7) is 5.71. The molecule has 0 fully saturated rings. The van der Waals surface area contributed by atoms with Gasteiger partial charge in [-0.15, -0.1) is 0 Å². The molecule has 0 spiro atoms. The van der Waals surface area contributed by atoms with Crippen LogP contribution in [0.2, 0.25) is 5.02 Å². The van der Waals surface area contributed by atoms with Crippen molar-refractivity contribution in [1.82, 2.24) is 5.32 Å². The Morgan fingerprint density at radius 2 is 2.04 bits per heavy atom. The third-order valence-electron chi connectivity index (χ3n) is 4.50. The Balaban J connectivity index is 1.78. The zero-order chi connectivity index (χ0) is 19.6. The number of rotatable bonds is 5. The smallest absolute Gasteiger partial charge is 0.261 e. The van der Waals surface area contributed by atoms with E-state index in [4.69, 9.17) is 25.8 Å². The predicted molar refractivity (Wildman–Crippen MR) is 105 cm³/mol. The van der Waals surface area contributed by atoms with E-state index in [2.05, 4.69) is 5.32 Å². The summed E-state index contributed by atoms with van der Waals surface area (Å²) in [5.74, 6) is 1.73. The summed E-state index contributed by atoms with van der Waals surface area (Å²) >= 11 is 6.12. The fraction of sp³-hybridized carbons (Fsp3) is 0.381. The molecule has 1 aliphatic rings. The molecule has 1 heterocycles. The zero-order valence-electron chi connectivity index (χ0n) is 15.9. The number of halogens is 1. The molecule has 0 bridgehead atoms. The van der Waals surface area contributed by atoms with Crippen molar-refractivity contribution in [2.24, 2.45) is 0 Å². The van der Waals surface area contributed by atoms with E-state index in [1.807, 2.05) is 44.2 Å². The van der Waals surface area contributed by atoms with Gasteiger partial charge in [0.2, 0.25) is 0 Å². The van der Waals surface area contributed by atoms with E-state index >= 15 is 0 Å². The molecule has 2 atom stereocenters. The number of amides is 1. The van der Waals surface area contributed by atoms with Crippen molar-refractivity contribution in [3.63, 3.8) is 0 Å². The number of ether oxygens (including phenoxy) is 3. The molecule has 0 saturated carbocycles. The summed E-state index contributed by atoms with van der Waals surface area (Å²) in [6, 6.07) is 12.5. The first-order valence-corrected chi connectivity index (χ1v) is 9.25. The minimum atomic E-state index is -0.690. The summed E-state index contributed by atoms with van der Waals surface area (Å²) < 4.78 is 17.1. The third kappa shape index (κ3) is 4.48. The summed E-state index contributed by atoms with van der Waals surface area (Å²) in [5.41, 5.74) is 0.499. The molecule has 27 heavy (non-hydrogen) atoms. The van der Waals surface area contributed by atoms with Crippen molar-refractivity contribution in [2.75, 3.05) is 7.11 Å². The number of hydrogen-bond donors (Lipinski definition) is 1. The minimum absolute atomic E-state index is 0.205. The summed E-state index contributed by atoms with van der Waals surface area (Å²) in [4.78, 5) is 12.8. The van der Waals surface area contributed by atoms with Gasteiger partial charge in [-0.1, -0.05) is 23.7 Å². The van der Waals surface area contributed by atoms with E-state index < -0.39 is 11.7 Å². The molecule has 2 aromatic rings. The maximum Gasteiger partial charge on any atom is 0.261 e. The SMILES string of the molecule is COc1ccc2c(c1)[C@@H](NC(=O)[C@@H](C)Oc1ccccc1Cl)CC(C)(C)O2. The summed E-state index contributed by atoms with van der Waals surface area (Å²) in [5, 5.41) is 3.55. The van der Waals surface area contributed by atoms with Crippen molar-refractivity contribution in [1.29, 1.82) is 0 Å². The van der Waals surface area contributed by atoms with E-state index in [-0.39, 0.29) is 11.9 Å². The van der Waals surface area contributed by atoms with Crippen LogP contribution in [0.15, 0.2) is 42.5 Å². The number of hydrogen-bond acceptors (Lipinski definition) is 4. The van der Waals surface area contributed by atoms with E-state index in [1.54, 1.807) is 26.2 Å². The number of methoxy groups -OCH3 is 1. The topological polar surface area (TPSA) is 56.8 Å². The highest BCUT2D eigenvalue weighted by Crippen LogP contribution is 2.41. The zero-order valence-corrected chi connectivity index (χ0v) is 16.7. The van der Waals surface area contributed by atoms with Crippen LogP contribution in [0, 0.1) is 0 Å². The largest absolute Gasteiger partial charge is 0.497 e. The standard InChI is InChI=1S/C21H24ClNO4/c1-13(26-19-8-6-5-7-16(19)22)20(24)23-17-12-21(2,3)27-18-10-9-14(25-4)11-15(17)18/h5-11,13,17H,12H2,1-4H3,(H,23,24)/t13-,17+/m1/s1. The van der Waals surface area contributed by atoms with Crippen molar-refractivity contribution in [2.45, 2.75) is 44.9 Å². The second-order valence-corrected chi connectivity index (χ2v) is 7.63. The molecule has 144 valence electrons. The van der Waals surface area contributed by atoms with Gasteiger partial charge < -0.3 is 19.5 Å². The molecule has 1 amide bonds. The molecule has 0 aromatic heterocycles. The van der Waals surface area contributed by atoms with Crippen LogP contribution in [0.25, 0.3) is 0 Å². The number of carbonyl (C=O) groups excluding carboxylic acids is 1. The van der Waals surface area contributed by atoms with Crippen molar-refractivity contribution in [3.05, 3.63) is 53.1 Å². The number of fused-ring (bicyclic) bond motifs is 1. The molecule has 5 nitrogen and oxygen atoms in total. The molecule has 3 rings (SSSR count). The van der Waals surface area contributed by atoms with Gasteiger partial charge in [-0.2, -0.15) is 0 Å². The Labute approximate surface area is 164 Å². The fourth-order valence-electron chi connectivity index (χ4n) is 3.16. The van der Waals surface area contributed by atoms with E-state index in [0.717, 1.165) is 17.1 Å². The Kier molecular flexibility index (Phi) is 5.51. The van der Waals surface area contributed by atoms with Crippen LogP contribution in [0.3, 0.4) is 0 Å². The highest BCUT2D eigenvalue weighted by molar-refractivity contribution is 6.32. The number of benzene rings is 2. The first-order chi connectivity index (χ1) is 12.8. The fourth-order valence-corrected chi connectivity index (χ4v) is 3.34. The summed E-state index contributed by atoms with van der Waals surface area (Å²) in [6.07, 6.45) is -0.0533. The predicted octanol–water partition coefficient (Wildman–Crippen LogP) is 4.53. The second kappa shape index (κ2) is 7.69. The number of carbonyl (C=O) groups is 1. The Bertz CT molecular complexity index is 837. The average Bonchev–Trinajstić information content (AvgIpc) is 2.62. The van der Waals surface area contributed by atoms with Crippen LogP contribution in [0.1, 0.15) is 38.8 Å². The van der Waals surface area contributed by atoms with Crippen molar-refractivity contribution < 1.29 is 19.0 Å².